The van der Waals surface area contributed by atoms with Crippen molar-refractivity contribution in [3.63, 3.8) is 0 Å². The summed E-state index contributed by atoms with van der Waals surface area (Å²) in [4.78, 5) is -0.0736. The summed E-state index contributed by atoms with van der Waals surface area (Å²) in [5.74, 6) is 0. The van der Waals surface area contributed by atoms with E-state index >= 15 is 0 Å². The van der Waals surface area contributed by atoms with Gasteiger partial charge in [-0.15, -0.1) is 0 Å². The van der Waals surface area contributed by atoms with Crippen molar-refractivity contribution in [2.75, 3.05) is 11.1 Å². The summed E-state index contributed by atoms with van der Waals surface area (Å²) in [7, 11) is -3.83. The van der Waals surface area contributed by atoms with E-state index in [1.54, 1.807) is 12.1 Å². The highest BCUT2D eigenvalue weighted by Crippen LogP contribution is 2.29. The first-order valence-electron chi connectivity index (χ1n) is 6.22. The molecule has 2 rings (SSSR count). The van der Waals surface area contributed by atoms with Crippen molar-refractivity contribution < 1.29 is 8.42 Å². The molecule has 0 saturated heterocycles. The summed E-state index contributed by atoms with van der Waals surface area (Å²) in [6, 6.07) is 12.5. The van der Waals surface area contributed by atoms with E-state index in [4.69, 9.17) is 10.9 Å². The first-order chi connectivity index (χ1) is 9.79. The van der Waals surface area contributed by atoms with E-state index in [1.807, 2.05) is 31.2 Å². The fourth-order valence-corrected chi connectivity index (χ4v) is 2.94. The molecule has 5 N–H and O–H groups in total. The highest BCUT2D eigenvalue weighted by atomic mass is 79.9. The minimum atomic E-state index is -3.83. The van der Waals surface area contributed by atoms with Gasteiger partial charge in [0.05, 0.1) is 11.4 Å². The number of sulfonamides is 1. The molecule has 1 atom stereocenters. The van der Waals surface area contributed by atoms with Crippen LogP contribution in [0.1, 0.15) is 18.5 Å². The molecule has 2 aromatic rings. The number of benzene rings is 2. The molecule has 0 fully saturated rings. The van der Waals surface area contributed by atoms with Crippen LogP contribution in [-0.4, -0.2) is 8.42 Å². The van der Waals surface area contributed by atoms with Gasteiger partial charge >= 0.3 is 0 Å². The maximum absolute atomic E-state index is 11.5. The molecular formula is C14H16BrN3O2S. The summed E-state index contributed by atoms with van der Waals surface area (Å²) < 4.78 is 23.9. The van der Waals surface area contributed by atoms with Crippen molar-refractivity contribution in [2.45, 2.75) is 17.9 Å². The van der Waals surface area contributed by atoms with E-state index < -0.39 is 10.0 Å². The van der Waals surface area contributed by atoms with Gasteiger partial charge in [-0.05, 0) is 36.8 Å². The number of nitrogens with two attached hydrogens (primary N) is 2. The van der Waals surface area contributed by atoms with Crippen LogP contribution in [0.2, 0.25) is 0 Å². The molecule has 0 heterocycles. The molecule has 21 heavy (non-hydrogen) atoms. The Morgan fingerprint density at radius 3 is 2.33 bits per heavy atom. The maximum atomic E-state index is 11.5. The molecule has 112 valence electrons. The number of rotatable bonds is 4. The number of primary sulfonamides is 1. The van der Waals surface area contributed by atoms with Crippen LogP contribution < -0.4 is 16.2 Å². The molecule has 0 amide bonds. The Labute approximate surface area is 132 Å². The molecule has 0 aliphatic heterocycles. The minimum absolute atomic E-state index is 0.0314. The van der Waals surface area contributed by atoms with Crippen LogP contribution in [0.4, 0.5) is 11.4 Å². The van der Waals surface area contributed by atoms with Crippen LogP contribution in [0, 0.1) is 0 Å². The van der Waals surface area contributed by atoms with Gasteiger partial charge in [0.25, 0.3) is 0 Å². The van der Waals surface area contributed by atoms with Crippen molar-refractivity contribution in [1.82, 2.24) is 0 Å². The third-order valence-corrected chi connectivity index (χ3v) is 4.61. The summed E-state index contributed by atoms with van der Waals surface area (Å²) in [5, 5.41) is 8.34. The maximum Gasteiger partial charge on any atom is 0.240 e. The smallest absolute Gasteiger partial charge is 0.240 e. The number of halogens is 1. The lowest BCUT2D eigenvalue weighted by molar-refractivity contribution is 0.598. The summed E-state index contributed by atoms with van der Waals surface area (Å²) >= 11 is 3.38. The Kier molecular flexibility index (Phi) is 4.55. The number of hydrogen-bond donors (Lipinski definition) is 3. The number of hydrogen-bond acceptors (Lipinski definition) is 4. The zero-order valence-corrected chi connectivity index (χ0v) is 13.8. The predicted molar refractivity (Wildman–Crippen MR) is 88.4 cm³/mol. The topological polar surface area (TPSA) is 98.2 Å². The van der Waals surface area contributed by atoms with Gasteiger partial charge in [-0.2, -0.15) is 0 Å². The van der Waals surface area contributed by atoms with Gasteiger partial charge in [-0.1, -0.05) is 34.1 Å². The van der Waals surface area contributed by atoms with E-state index in [2.05, 4.69) is 21.2 Å². The fourth-order valence-electron chi connectivity index (χ4n) is 1.99. The van der Waals surface area contributed by atoms with Crippen LogP contribution in [0.25, 0.3) is 0 Å². The van der Waals surface area contributed by atoms with Crippen LogP contribution >= 0.6 is 15.9 Å². The lowest BCUT2D eigenvalue weighted by atomic mass is 10.1. The molecule has 7 heteroatoms. The summed E-state index contributed by atoms with van der Waals surface area (Å²) in [6.45, 7) is 1.96. The van der Waals surface area contributed by atoms with Crippen LogP contribution in [0.5, 0.6) is 0 Å². The average Bonchev–Trinajstić information content (AvgIpc) is 2.40. The van der Waals surface area contributed by atoms with E-state index in [1.165, 1.54) is 6.07 Å². The Bertz CT molecular complexity index is 745. The molecule has 0 bridgehead atoms. The first-order valence-corrected chi connectivity index (χ1v) is 8.56. The van der Waals surface area contributed by atoms with Crippen molar-refractivity contribution >= 4 is 37.3 Å². The van der Waals surface area contributed by atoms with Gasteiger partial charge in [0.15, 0.2) is 0 Å². The molecule has 0 radical (unpaired) electrons. The Morgan fingerprint density at radius 2 is 1.76 bits per heavy atom. The van der Waals surface area contributed by atoms with Crippen LogP contribution in [0.3, 0.4) is 0 Å². The molecule has 1 unspecified atom stereocenters. The Morgan fingerprint density at radius 1 is 1.14 bits per heavy atom. The van der Waals surface area contributed by atoms with Crippen LogP contribution in [-0.2, 0) is 10.0 Å². The third kappa shape index (κ3) is 3.75. The number of anilines is 2. The molecule has 0 aliphatic carbocycles. The minimum Gasteiger partial charge on any atom is -0.396 e. The van der Waals surface area contributed by atoms with E-state index in [0.717, 1.165) is 10.0 Å². The molecular weight excluding hydrogens is 354 g/mol. The second-order valence-corrected chi connectivity index (χ2v) is 7.13. The Balaban J connectivity index is 2.30. The van der Waals surface area contributed by atoms with Crippen molar-refractivity contribution in [3.8, 4) is 0 Å². The van der Waals surface area contributed by atoms with E-state index in [0.29, 0.717) is 5.69 Å². The standard InChI is InChI=1S/C14H16BrN3O2S/c1-9(10-5-7-11(15)8-6-10)18-12-3-2-4-13(14(12)16)21(17,19)20/h2-9,18H,16H2,1H3,(H2,17,19,20). The van der Waals surface area contributed by atoms with Crippen molar-refractivity contribution in [3.05, 3.63) is 52.5 Å². The van der Waals surface area contributed by atoms with Gasteiger partial charge in [-0.3, -0.25) is 0 Å². The third-order valence-electron chi connectivity index (χ3n) is 3.11. The fraction of sp³-hybridized carbons (Fsp3) is 0.143. The summed E-state index contributed by atoms with van der Waals surface area (Å²) in [6.07, 6.45) is 0. The van der Waals surface area contributed by atoms with Gasteiger partial charge in [0.2, 0.25) is 10.0 Å². The van der Waals surface area contributed by atoms with Crippen molar-refractivity contribution in [2.24, 2.45) is 5.14 Å². The average molecular weight is 370 g/mol. The van der Waals surface area contributed by atoms with Gasteiger partial charge in [0.1, 0.15) is 4.90 Å². The zero-order chi connectivity index (χ0) is 15.6. The largest absolute Gasteiger partial charge is 0.396 e. The lowest BCUT2D eigenvalue weighted by Gasteiger charge is -2.18. The van der Waals surface area contributed by atoms with E-state index in [-0.39, 0.29) is 16.6 Å². The molecule has 0 saturated carbocycles. The monoisotopic (exact) mass is 369 g/mol. The zero-order valence-electron chi connectivity index (χ0n) is 11.4. The highest BCUT2D eigenvalue weighted by molar-refractivity contribution is 9.10. The van der Waals surface area contributed by atoms with Gasteiger partial charge < -0.3 is 11.1 Å². The Hall–Kier alpha value is -1.57. The highest BCUT2D eigenvalue weighted by Gasteiger charge is 2.16. The molecule has 5 nitrogen and oxygen atoms in total. The van der Waals surface area contributed by atoms with Gasteiger partial charge in [-0.25, -0.2) is 13.6 Å². The van der Waals surface area contributed by atoms with E-state index in [9.17, 15) is 8.42 Å². The van der Waals surface area contributed by atoms with Crippen molar-refractivity contribution in [1.29, 1.82) is 0 Å². The van der Waals surface area contributed by atoms with Crippen LogP contribution in [0.15, 0.2) is 51.8 Å². The van der Waals surface area contributed by atoms with Gasteiger partial charge in [0, 0.05) is 10.5 Å². The SMILES string of the molecule is CC(Nc1cccc(S(N)(=O)=O)c1N)c1ccc(Br)cc1. The summed E-state index contributed by atoms with van der Waals surface area (Å²) in [5.41, 5.74) is 7.61. The molecule has 0 aromatic heterocycles. The number of nitrogens with one attached hydrogen (secondary N) is 1. The first kappa shape index (κ1) is 15.8. The second kappa shape index (κ2) is 6.05. The number of nitrogen functional groups attached to an aromatic ring is 1. The molecule has 0 spiro atoms. The molecule has 0 aliphatic rings. The lowest BCUT2D eigenvalue weighted by Crippen LogP contribution is -2.16. The quantitative estimate of drug-likeness (QED) is 0.721. The second-order valence-electron chi connectivity index (χ2n) is 4.68. The normalized spacial score (nSPS) is 12.9. The number of para-hydroxylation sites is 1. The predicted octanol–water partition coefficient (Wildman–Crippen LogP) is 2.85. The molecule has 2 aromatic carbocycles.